The number of hydrogen-bond donors (Lipinski definition) is 6. The molecule has 0 aliphatic carbocycles. The predicted molar refractivity (Wildman–Crippen MR) is 100 cm³/mol. The second kappa shape index (κ2) is 8.59. The number of carbonyl (C=O) groups excluding carboxylic acids is 1. The second-order valence-electron chi connectivity index (χ2n) is 6.62. The molecule has 4 unspecified atom stereocenters. The number of aliphatic hydroxyl groups is 2. The van der Waals surface area contributed by atoms with Crippen molar-refractivity contribution in [2.75, 3.05) is 5.32 Å². The highest BCUT2D eigenvalue weighted by molar-refractivity contribution is 5.76. The van der Waals surface area contributed by atoms with Crippen LogP contribution in [0.1, 0.15) is 36.2 Å². The molecule has 150 valence electrons. The minimum absolute atomic E-state index is 0.168. The van der Waals surface area contributed by atoms with E-state index in [1.807, 2.05) is 30.3 Å². The van der Waals surface area contributed by atoms with E-state index in [0.717, 1.165) is 5.56 Å². The third kappa shape index (κ3) is 4.61. The Balaban J connectivity index is 1.73. The maximum atomic E-state index is 12.4. The fraction of sp³-hybridized carbons (Fsp3) is 0.389. The number of benzene rings is 1. The highest BCUT2D eigenvalue weighted by atomic mass is 16.6. The first-order chi connectivity index (χ1) is 13.3. The van der Waals surface area contributed by atoms with E-state index in [1.54, 1.807) is 0 Å². The van der Waals surface area contributed by atoms with Crippen LogP contribution in [0.3, 0.4) is 0 Å². The summed E-state index contributed by atoms with van der Waals surface area (Å²) in [6, 6.07) is 8.51. The summed E-state index contributed by atoms with van der Waals surface area (Å²) in [5, 5.41) is 25.2. The lowest BCUT2D eigenvalue weighted by molar-refractivity contribution is -0.153. The van der Waals surface area contributed by atoms with Gasteiger partial charge >= 0.3 is 5.97 Å². The van der Waals surface area contributed by atoms with Gasteiger partial charge in [0.1, 0.15) is 24.1 Å². The van der Waals surface area contributed by atoms with Crippen molar-refractivity contribution >= 4 is 11.8 Å². The standard InChI is InChI=1S/C18H24N6O4/c1-9(25)14(26)12-8-21-13-15(22-12)23-18(20)24-16(13)28-17(27)11(19)7-10-5-3-2-4-6-10/h2-6,8-9,11,14,16,18,24-26H,7,19-20H2,1H3,(H,22,23)/t9?,11-,14?,16?,18?/m0/s1. The van der Waals surface area contributed by atoms with Crippen LogP contribution in [0.15, 0.2) is 36.5 Å². The number of fused-ring (bicyclic) bond motifs is 1. The Kier molecular flexibility index (Phi) is 6.17. The van der Waals surface area contributed by atoms with E-state index >= 15 is 0 Å². The van der Waals surface area contributed by atoms with E-state index in [1.165, 1.54) is 13.1 Å². The Morgan fingerprint density at radius 1 is 1.32 bits per heavy atom. The minimum Gasteiger partial charge on any atom is -0.439 e. The third-order valence-electron chi connectivity index (χ3n) is 4.29. The van der Waals surface area contributed by atoms with E-state index in [-0.39, 0.29) is 11.5 Å². The van der Waals surface area contributed by atoms with Crippen LogP contribution in [0.4, 0.5) is 5.82 Å². The van der Waals surface area contributed by atoms with Crippen molar-refractivity contribution in [1.82, 2.24) is 15.3 Å². The molecule has 1 aliphatic rings. The predicted octanol–water partition coefficient (Wildman–Crippen LogP) is -0.740. The summed E-state index contributed by atoms with van der Waals surface area (Å²) < 4.78 is 5.46. The molecule has 2 aromatic rings. The molecule has 0 saturated carbocycles. The first-order valence-electron chi connectivity index (χ1n) is 8.86. The summed E-state index contributed by atoms with van der Waals surface area (Å²) in [4.78, 5) is 20.9. The summed E-state index contributed by atoms with van der Waals surface area (Å²) in [7, 11) is 0. The Bertz CT molecular complexity index is 819. The van der Waals surface area contributed by atoms with Gasteiger partial charge in [0.2, 0.25) is 6.23 Å². The molecule has 0 amide bonds. The number of aromatic nitrogens is 2. The lowest BCUT2D eigenvalue weighted by Gasteiger charge is -2.31. The number of carbonyl (C=O) groups is 1. The largest absolute Gasteiger partial charge is 0.439 e. The summed E-state index contributed by atoms with van der Waals surface area (Å²) in [5.74, 6) is -0.367. The molecule has 0 fully saturated rings. The SMILES string of the molecule is CC(O)C(O)c1cnc2c(n1)NC(N)NC2OC(=O)[C@@H](N)Cc1ccccc1. The molecule has 28 heavy (non-hydrogen) atoms. The Morgan fingerprint density at radius 3 is 2.71 bits per heavy atom. The third-order valence-corrected chi connectivity index (χ3v) is 4.29. The van der Waals surface area contributed by atoms with Crippen molar-refractivity contribution in [1.29, 1.82) is 0 Å². The molecular formula is C18H24N6O4. The van der Waals surface area contributed by atoms with Crippen molar-refractivity contribution < 1.29 is 19.7 Å². The van der Waals surface area contributed by atoms with Crippen molar-refractivity contribution in [3.05, 3.63) is 53.5 Å². The van der Waals surface area contributed by atoms with Gasteiger partial charge < -0.3 is 26.0 Å². The summed E-state index contributed by atoms with van der Waals surface area (Å²) in [5.41, 5.74) is 13.2. The molecule has 1 aliphatic heterocycles. The number of nitrogens with one attached hydrogen (secondary N) is 2. The summed E-state index contributed by atoms with van der Waals surface area (Å²) >= 11 is 0. The lowest BCUT2D eigenvalue weighted by Crippen LogP contribution is -2.52. The van der Waals surface area contributed by atoms with Gasteiger partial charge in [-0.15, -0.1) is 0 Å². The molecule has 10 nitrogen and oxygen atoms in total. The van der Waals surface area contributed by atoms with Gasteiger partial charge in [-0.3, -0.25) is 10.5 Å². The maximum absolute atomic E-state index is 12.4. The van der Waals surface area contributed by atoms with Crippen molar-refractivity contribution in [3.8, 4) is 0 Å². The number of nitrogens with two attached hydrogens (primary N) is 2. The molecule has 1 aromatic heterocycles. The van der Waals surface area contributed by atoms with Crippen LogP contribution in [-0.2, 0) is 16.0 Å². The highest BCUT2D eigenvalue weighted by Gasteiger charge is 2.32. The van der Waals surface area contributed by atoms with E-state index in [4.69, 9.17) is 16.2 Å². The quantitative estimate of drug-likeness (QED) is 0.347. The van der Waals surface area contributed by atoms with Crippen LogP contribution in [0.5, 0.6) is 0 Å². The molecular weight excluding hydrogens is 364 g/mol. The Hall–Kier alpha value is -2.63. The normalized spacial score (nSPS) is 21.8. The van der Waals surface area contributed by atoms with E-state index in [2.05, 4.69) is 20.6 Å². The van der Waals surface area contributed by atoms with Gasteiger partial charge in [-0.25, -0.2) is 15.3 Å². The number of hydrogen-bond acceptors (Lipinski definition) is 10. The van der Waals surface area contributed by atoms with Crippen LogP contribution >= 0.6 is 0 Å². The molecule has 3 rings (SSSR count). The first kappa shape index (κ1) is 20.1. The van der Waals surface area contributed by atoms with Crippen molar-refractivity contribution in [3.63, 3.8) is 0 Å². The van der Waals surface area contributed by atoms with Crippen LogP contribution in [0.25, 0.3) is 0 Å². The van der Waals surface area contributed by atoms with Crippen LogP contribution in [0, 0.1) is 0 Å². The average Bonchev–Trinajstić information content (AvgIpc) is 2.67. The van der Waals surface area contributed by atoms with Gasteiger partial charge in [-0.1, -0.05) is 30.3 Å². The second-order valence-corrected chi connectivity index (χ2v) is 6.62. The average molecular weight is 388 g/mol. The van der Waals surface area contributed by atoms with Crippen molar-refractivity contribution in [2.24, 2.45) is 11.5 Å². The van der Waals surface area contributed by atoms with Crippen LogP contribution < -0.4 is 22.1 Å². The van der Waals surface area contributed by atoms with Crippen LogP contribution in [-0.4, -0.2) is 44.6 Å². The molecule has 8 N–H and O–H groups in total. The van der Waals surface area contributed by atoms with Gasteiger partial charge in [-0.05, 0) is 18.9 Å². The monoisotopic (exact) mass is 388 g/mol. The molecule has 5 atom stereocenters. The number of aliphatic hydroxyl groups excluding tert-OH is 2. The Labute approximate surface area is 161 Å². The Morgan fingerprint density at radius 2 is 2.04 bits per heavy atom. The molecule has 0 bridgehead atoms. The molecule has 0 saturated heterocycles. The molecule has 10 heteroatoms. The van der Waals surface area contributed by atoms with Gasteiger partial charge in [0.05, 0.1) is 18.0 Å². The molecule has 0 radical (unpaired) electrons. The minimum atomic E-state index is -1.20. The zero-order valence-electron chi connectivity index (χ0n) is 15.3. The van der Waals surface area contributed by atoms with E-state index in [0.29, 0.717) is 12.1 Å². The number of anilines is 1. The fourth-order valence-corrected chi connectivity index (χ4v) is 2.78. The van der Waals surface area contributed by atoms with Gasteiger partial charge in [0.25, 0.3) is 0 Å². The number of esters is 1. The molecule has 1 aromatic carbocycles. The first-order valence-corrected chi connectivity index (χ1v) is 8.86. The van der Waals surface area contributed by atoms with Gasteiger partial charge in [0.15, 0.2) is 5.82 Å². The fourth-order valence-electron chi connectivity index (χ4n) is 2.78. The zero-order valence-corrected chi connectivity index (χ0v) is 15.3. The summed E-state index contributed by atoms with van der Waals surface area (Å²) in [6.07, 6.45) is -2.30. The lowest BCUT2D eigenvalue weighted by atomic mass is 10.1. The highest BCUT2D eigenvalue weighted by Crippen LogP contribution is 2.27. The van der Waals surface area contributed by atoms with Crippen molar-refractivity contribution in [2.45, 2.75) is 44.1 Å². The molecule has 2 heterocycles. The maximum Gasteiger partial charge on any atom is 0.325 e. The van der Waals surface area contributed by atoms with E-state index in [9.17, 15) is 15.0 Å². The van der Waals surface area contributed by atoms with Gasteiger partial charge in [0, 0.05) is 0 Å². The topological polar surface area (TPSA) is 169 Å². The van der Waals surface area contributed by atoms with E-state index < -0.39 is 36.7 Å². The number of ether oxygens (including phenoxy) is 1. The van der Waals surface area contributed by atoms with Gasteiger partial charge in [-0.2, -0.15) is 0 Å². The number of rotatable bonds is 6. The summed E-state index contributed by atoms with van der Waals surface area (Å²) in [6.45, 7) is 1.44. The zero-order chi connectivity index (χ0) is 20.3. The molecule has 0 spiro atoms. The number of nitrogens with zero attached hydrogens (tertiary/aromatic N) is 2. The smallest absolute Gasteiger partial charge is 0.325 e. The van der Waals surface area contributed by atoms with Crippen LogP contribution in [0.2, 0.25) is 0 Å².